The maximum atomic E-state index is 5.54. The van der Waals surface area contributed by atoms with Gasteiger partial charge in [0, 0.05) is 12.6 Å². The first-order valence-electron chi connectivity index (χ1n) is 7.30. The minimum Gasteiger partial charge on any atom is -0.376 e. The van der Waals surface area contributed by atoms with Crippen LogP contribution in [0.4, 0.5) is 0 Å². The van der Waals surface area contributed by atoms with Crippen LogP contribution < -0.4 is 5.32 Å². The van der Waals surface area contributed by atoms with Gasteiger partial charge < -0.3 is 10.1 Å². The van der Waals surface area contributed by atoms with Crippen LogP contribution in [0, 0.1) is 0 Å². The molecule has 0 saturated carbocycles. The molecule has 1 N–H and O–H groups in total. The SMILES string of the molecule is C=C(C)COCCNC1CCCCc2ccccc21. The normalized spacial score (nSPS) is 18.7. The minimum absolute atomic E-state index is 0.493. The molecule has 104 valence electrons. The number of hydrogen-bond donors (Lipinski definition) is 1. The molecule has 0 heterocycles. The van der Waals surface area contributed by atoms with E-state index < -0.39 is 0 Å². The molecule has 2 rings (SSSR count). The smallest absolute Gasteiger partial charge is 0.0672 e. The number of rotatable bonds is 6. The van der Waals surface area contributed by atoms with Crippen LogP contribution in [-0.4, -0.2) is 19.8 Å². The molecule has 1 unspecified atom stereocenters. The zero-order chi connectivity index (χ0) is 13.5. The fourth-order valence-corrected chi connectivity index (χ4v) is 2.68. The molecule has 0 amide bonds. The van der Waals surface area contributed by atoms with Crippen molar-refractivity contribution in [3.8, 4) is 0 Å². The molecular formula is C17H25NO. The summed E-state index contributed by atoms with van der Waals surface area (Å²) in [5.41, 5.74) is 4.08. The van der Waals surface area contributed by atoms with Gasteiger partial charge in [-0.05, 0) is 37.3 Å². The minimum atomic E-state index is 0.493. The van der Waals surface area contributed by atoms with Crippen molar-refractivity contribution >= 4 is 0 Å². The number of ether oxygens (including phenoxy) is 1. The molecule has 0 spiro atoms. The van der Waals surface area contributed by atoms with Gasteiger partial charge in [0.2, 0.25) is 0 Å². The fraction of sp³-hybridized carbons (Fsp3) is 0.529. The second-order valence-electron chi connectivity index (χ2n) is 5.46. The van der Waals surface area contributed by atoms with Crippen molar-refractivity contribution in [2.45, 2.75) is 38.6 Å². The van der Waals surface area contributed by atoms with E-state index in [4.69, 9.17) is 4.74 Å². The lowest BCUT2D eigenvalue weighted by molar-refractivity contribution is 0.155. The van der Waals surface area contributed by atoms with Crippen LogP contribution in [0.1, 0.15) is 43.4 Å². The Morgan fingerprint density at radius 1 is 1.37 bits per heavy atom. The first-order chi connectivity index (χ1) is 9.27. The van der Waals surface area contributed by atoms with Crippen LogP contribution in [0.3, 0.4) is 0 Å². The fourth-order valence-electron chi connectivity index (χ4n) is 2.68. The van der Waals surface area contributed by atoms with E-state index in [1.54, 1.807) is 0 Å². The molecule has 0 bridgehead atoms. The monoisotopic (exact) mass is 259 g/mol. The Bertz CT molecular complexity index is 413. The molecule has 19 heavy (non-hydrogen) atoms. The maximum absolute atomic E-state index is 5.54. The van der Waals surface area contributed by atoms with Gasteiger partial charge in [-0.15, -0.1) is 0 Å². The standard InChI is InChI=1S/C17H25NO/c1-14(2)13-19-12-11-18-17-10-6-4-8-15-7-3-5-9-16(15)17/h3,5,7,9,17-18H,1,4,6,8,10-13H2,2H3. The Labute approximate surface area is 116 Å². The van der Waals surface area contributed by atoms with Gasteiger partial charge in [-0.25, -0.2) is 0 Å². The summed E-state index contributed by atoms with van der Waals surface area (Å²) in [6.07, 6.45) is 5.07. The number of nitrogens with one attached hydrogen (secondary N) is 1. The number of benzene rings is 1. The Morgan fingerprint density at radius 3 is 3.05 bits per heavy atom. The van der Waals surface area contributed by atoms with Crippen molar-refractivity contribution in [3.05, 3.63) is 47.5 Å². The lowest BCUT2D eigenvalue weighted by Crippen LogP contribution is -2.25. The summed E-state index contributed by atoms with van der Waals surface area (Å²) in [4.78, 5) is 0. The van der Waals surface area contributed by atoms with E-state index in [0.717, 1.165) is 18.7 Å². The largest absolute Gasteiger partial charge is 0.376 e. The summed E-state index contributed by atoms with van der Waals surface area (Å²) in [6, 6.07) is 9.33. The van der Waals surface area contributed by atoms with Crippen LogP contribution in [0.25, 0.3) is 0 Å². The predicted molar refractivity (Wildman–Crippen MR) is 80.4 cm³/mol. The zero-order valence-corrected chi connectivity index (χ0v) is 12.0. The van der Waals surface area contributed by atoms with Crippen LogP contribution >= 0.6 is 0 Å². The van der Waals surface area contributed by atoms with E-state index in [2.05, 4.69) is 36.2 Å². The van der Waals surface area contributed by atoms with E-state index >= 15 is 0 Å². The zero-order valence-electron chi connectivity index (χ0n) is 12.0. The lowest BCUT2D eigenvalue weighted by atomic mass is 9.99. The molecule has 1 atom stereocenters. The van der Waals surface area contributed by atoms with Gasteiger partial charge in [-0.1, -0.05) is 42.8 Å². The van der Waals surface area contributed by atoms with Crippen LogP contribution in [0.2, 0.25) is 0 Å². The molecule has 2 heteroatoms. The van der Waals surface area contributed by atoms with Crippen LogP contribution in [0.5, 0.6) is 0 Å². The Kier molecular flexibility index (Phi) is 5.62. The van der Waals surface area contributed by atoms with Gasteiger partial charge >= 0.3 is 0 Å². The van der Waals surface area contributed by atoms with E-state index in [0.29, 0.717) is 12.6 Å². The highest BCUT2D eigenvalue weighted by Crippen LogP contribution is 2.28. The summed E-state index contributed by atoms with van der Waals surface area (Å²) in [5, 5.41) is 3.64. The first-order valence-corrected chi connectivity index (χ1v) is 7.30. The average molecular weight is 259 g/mol. The van der Waals surface area contributed by atoms with E-state index in [-0.39, 0.29) is 0 Å². The number of hydrogen-bond acceptors (Lipinski definition) is 2. The third-order valence-corrected chi connectivity index (χ3v) is 3.61. The Hall–Kier alpha value is -1.12. The van der Waals surface area contributed by atoms with Gasteiger partial charge in [0.1, 0.15) is 0 Å². The van der Waals surface area contributed by atoms with E-state index in [9.17, 15) is 0 Å². The molecule has 2 nitrogen and oxygen atoms in total. The van der Waals surface area contributed by atoms with E-state index in [1.165, 1.54) is 36.8 Å². The predicted octanol–water partition coefficient (Wildman–Crippen LogP) is 3.64. The third-order valence-electron chi connectivity index (χ3n) is 3.61. The van der Waals surface area contributed by atoms with Crippen molar-refractivity contribution in [2.75, 3.05) is 19.8 Å². The average Bonchev–Trinajstić information content (AvgIpc) is 2.61. The van der Waals surface area contributed by atoms with Crippen LogP contribution in [-0.2, 0) is 11.2 Å². The maximum Gasteiger partial charge on any atom is 0.0672 e. The summed E-state index contributed by atoms with van der Waals surface area (Å²) in [5.74, 6) is 0. The highest BCUT2D eigenvalue weighted by molar-refractivity contribution is 5.31. The Morgan fingerprint density at radius 2 is 2.21 bits per heavy atom. The number of aryl methyl sites for hydroxylation is 1. The molecule has 0 aromatic heterocycles. The van der Waals surface area contributed by atoms with Gasteiger partial charge in [-0.2, -0.15) is 0 Å². The van der Waals surface area contributed by atoms with Crippen LogP contribution in [0.15, 0.2) is 36.4 Å². The molecule has 0 saturated heterocycles. The summed E-state index contributed by atoms with van der Waals surface area (Å²) in [6.45, 7) is 8.17. The quantitative estimate of drug-likeness (QED) is 0.478. The van der Waals surface area contributed by atoms with Gasteiger partial charge in [-0.3, -0.25) is 0 Å². The molecular weight excluding hydrogens is 234 g/mol. The van der Waals surface area contributed by atoms with Crippen molar-refractivity contribution in [3.63, 3.8) is 0 Å². The van der Waals surface area contributed by atoms with E-state index in [1.807, 2.05) is 6.92 Å². The highest BCUT2D eigenvalue weighted by Gasteiger charge is 2.17. The molecule has 1 aliphatic rings. The Balaban J connectivity index is 1.84. The molecule has 1 aromatic rings. The third kappa shape index (κ3) is 4.48. The van der Waals surface area contributed by atoms with Crippen molar-refractivity contribution in [1.82, 2.24) is 5.32 Å². The highest BCUT2D eigenvalue weighted by atomic mass is 16.5. The lowest BCUT2D eigenvalue weighted by Gasteiger charge is -2.19. The molecule has 1 aromatic carbocycles. The van der Waals surface area contributed by atoms with Crippen molar-refractivity contribution < 1.29 is 4.74 Å². The molecule has 0 radical (unpaired) electrons. The van der Waals surface area contributed by atoms with Crippen molar-refractivity contribution in [1.29, 1.82) is 0 Å². The topological polar surface area (TPSA) is 21.3 Å². The van der Waals surface area contributed by atoms with Gasteiger partial charge in [0.15, 0.2) is 0 Å². The van der Waals surface area contributed by atoms with Gasteiger partial charge in [0.05, 0.1) is 13.2 Å². The second-order valence-corrected chi connectivity index (χ2v) is 5.46. The molecule has 1 aliphatic carbocycles. The molecule has 0 aliphatic heterocycles. The number of fused-ring (bicyclic) bond motifs is 1. The second kappa shape index (κ2) is 7.46. The summed E-state index contributed by atoms with van der Waals surface area (Å²) in [7, 11) is 0. The summed E-state index contributed by atoms with van der Waals surface area (Å²) >= 11 is 0. The van der Waals surface area contributed by atoms with Gasteiger partial charge in [0.25, 0.3) is 0 Å². The molecule has 0 fully saturated rings. The van der Waals surface area contributed by atoms with Crippen molar-refractivity contribution in [2.24, 2.45) is 0 Å². The first kappa shape index (κ1) is 14.3. The summed E-state index contributed by atoms with van der Waals surface area (Å²) < 4.78 is 5.54.